The fourth-order valence-corrected chi connectivity index (χ4v) is 5.48. The van der Waals surface area contributed by atoms with Gasteiger partial charge in [0.05, 0.1) is 24.3 Å². The molecule has 2 aromatic carbocycles. The number of hydrogen-bond donors (Lipinski definition) is 4. The number of ether oxygens (including phenoxy) is 1. The van der Waals surface area contributed by atoms with E-state index in [2.05, 4.69) is 21.6 Å². The molecule has 1 spiro atoms. The standard InChI is InChI=1S/C28H33FN6O3/c29-21-7-3-19(4-8-21)23-14-25(23)30-11-1-2-24(27(37)34-15-28(16-34)17-38-18-28)32-26(36)20-5-9-22(10-6-20)35-13-12-31-33-35/h3-10,12-13,23-25,30-31,33H,1-2,11,14-18H2,(H,32,36)/t23-,24-,25+/m0/s1. The second kappa shape index (κ2) is 10.4. The Labute approximate surface area is 221 Å². The molecule has 200 valence electrons. The van der Waals surface area contributed by atoms with Crippen LogP contribution in [0.4, 0.5) is 10.1 Å². The van der Waals surface area contributed by atoms with E-state index in [0.717, 1.165) is 30.6 Å². The summed E-state index contributed by atoms with van der Waals surface area (Å²) >= 11 is 0. The van der Waals surface area contributed by atoms with E-state index in [1.165, 1.54) is 12.1 Å². The van der Waals surface area contributed by atoms with Crippen LogP contribution in [0.3, 0.4) is 0 Å². The maximum Gasteiger partial charge on any atom is 0.251 e. The highest BCUT2D eigenvalue weighted by atomic mass is 19.1. The Morgan fingerprint density at radius 3 is 2.53 bits per heavy atom. The Bertz CT molecular complexity index is 1190. The molecule has 3 fully saturated rings. The van der Waals surface area contributed by atoms with Crippen molar-refractivity contribution in [2.45, 2.75) is 37.3 Å². The van der Waals surface area contributed by atoms with E-state index < -0.39 is 6.04 Å². The largest absolute Gasteiger partial charge is 0.380 e. The van der Waals surface area contributed by atoms with Gasteiger partial charge in [0.25, 0.3) is 5.91 Å². The second-order valence-corrected chi connectivity index (χ2v) is 10.8. The Hall–Kier alpha value is -3.47. The summed E-state index contributed by atoms with van der Waals surface area (Å²) in [5.41, 5.74) is 8.49. The van der Waals surface area contributed by atoms with E-state index in [-0.39, 0.29) is 23.0 Å². The molecule has 1 aliphatic carbocycles. The van der Waals surface area contributed by atoms with Gasteiger partial charge < -0.3 is 25.7 Å². The molecule has 1 saturated carbocycles. The molecular weight excluding hydrogens is 487 g/mol. The highest BCUT2D eigenvalue weighted by Crippen LogP contribution is 2.41. The minimum absolute atomic E-state index is 0.0272. The molecule has 2 amide bonds. The van der Waals surface area contributed by atoms with E-state index >= 15 is 0 Å². The molecule has 2 aromatic rings. The predicted molar refractivity (Wildman–Crippen MR) is 140 cm³/mol. The van der Waals surface area contributed by atoms with Gasteiger partial charge in [-0.15, -0.1) is 5.53 Å². The van der Waals surface area contributed by atoms with Gasteiger partial charge >= 0.3 is 0 Å². The monoisotopic (exact) mass is 520 g/mol. The average Bonchev–Trinajstić information content (AvgIpc) is 3.43. The normalized spacial score (nSPS) is 23.4. The van der Waals surface area contributed by atoms with Crippen molar-refractivity contribution in [2.75, 3.05) is 37.9 Å². The average molecular weight is 521 g/mol. The van der Waals surface area contributed by atoms with Crippen molar-refractivity contribution in [2.24, 2.45) is 5.41 Å². The molecule has 3 aliphatic heterocycles. The van der Waals surface area contributed by atoms with E-state index in [4.69, 9.17) is 4.74 Å². The zero-order chi connectivity index (χ0) is 26.1. The van der Waals surface area contributed by atoms with Gasteiger partial charge in [-0.2, -0.15) is 0 Å². The third-order valence-electron chi connectivity index (χ3n) is 7.85. The lowest BCUT2D eigenvalue weighted by Crippen LogP contribution is -2.69. The lowest BCUT2D eigenvalue weighted by atomic mass is 9.77. The number of nitrogens with one attached hydrogen (secondary N) is 4. The highest BCUT2D eigenvalue weighted by Gasteiger charge is 2.51. The van der Waals surface area contributed by atoms with Crippen LogP contribution in [0, 0.1) is 11.2 Å². The van der Waals surface area contributed by atoms with E-state index in [1.54, 1.807) is 23.3 Å². The van der Waals surface area contributed by atoms with Gasteiger partial charge in [-0.25, -0.2) is 4.39 Å². The lowest BCUT2D eigenvalue weighted by molar-refractivity contribution is -0.196. The molecule has 3 heterocycles. The molecule has 2 saturated heterocycles. The Balaban J connectivity index is 1.03. The molecule has 38 heavy (non-hydrogen) atoms. The molecule has 6 rings (SSSR count). The molecule has 0 unspecified atom stereocenters. The maximum absolute atomic E-state index is 13.3. The van der Waals surface area contributed by atoms with Crippen LogP contribution in [0.2, 0.25) is 0 Å². The summed E-state index contributed by atoms with van der Waals surface area (Å²) in [5.74, 6) is -0.101. The van der Waals surface area contributed by atoms with Crippen molar-refractivity contribution in [1.82, 2.24) is 26.5 Å². The first-order valence-corrected chi connectivity index (χ1v) is 13.2. The van der Waals surface area contributed by atoms with Crippen molar-refractivity contribution in [3.63, 3.8) is 0 Å². The van der Waals surface area contributed by atoms with Crippen LogP contribution in [0.1, 0.15) is 41.1 Å². The number of benzene rings is 2. The van der Waals surface area contributed by atoms with E-state index in [1.807, 2.05) is 35.4 Å². The quantitative estimate of drug-likeness (QED) is 0.356. The minimum atomic E-state index is -0.582. The summed E-state index contributed by atoms with van der Waals surface area (Å²) in [6.07, 6.45) is 5.95. The zero-order valence-corrected chi connectivity index (χ0v) is 21.2. The highest BCUT2D eigenvalue weighted by molar-refractivity contribution is 5.98. The van der Waals surface area contributed by atoms with Crippen LogP contribution in [-0.2, 0) is 9.53 Å². The van der Waals surface area contributed by atoms with Gasteiger partial charge in [0.2, 0.25) is 5.91 Å². The Morgan fingerprint density at radius 2 is 1.87 bits per heavy atom. The Kier molecular flexibility index (Phi) is 6.77. The van der Waals surface area contributed by atoms with Crippen LogP contribution in [0.25, 0.3) is 0 Å². The van der Waals surface area contributed by atoms with Gasteiger partial charge in [-0.1, -0.05) is 12.1 Å². The summed E-state index contributed by atoms with van der Waals surface area (Å²) in [6, 6.07) is 13.7. The minimum Gasteiger partial charge on any atom is -0.380 e. The van der Waals surface area contributed by atoms with Crippen molar-refractivity contribution in [3.05, 3.63) is 77.9 Å². The maximum atomic E-state index is 13.3. The van der Waals surface area contributed by atoms with Gasteiger partial charge in [0.1, 0.15) is 11.9 Å². The van der Waals surface area contributed by atoms with Crippen molar-refractivity contribution in [3.8, 4) is 0 Å². The number of carbonyl (C=O) groups is 2. The molecule has 0 bridgehead atoms. The molecule has 0 aromatic heterocycles. The van der Waals surface area contributed by atoms with Crippen molar-refractivity contribution in [1.29, 1.82) is 0 Å². The first-order valence-electron chi connectivity index (χ1n) is 13.2. The van der Waals surface area contributed by atoms with Crippen molar-refractivity contribution >= 4 is 17.5 Å². The van der Waals surface area contributed by atoms with Crippen molar-refractivity contribution < 1.29 is 18.7 Å². The van der Waals surface area contributed by atoms with Gasteiger partial charge in [0, 0.05) is 43.0 Å². The molecule has 9 nitrogen and oxygen atoms in total. The third-order valence-corrected chi connectivity index (χ3v) is 7.85. The predicted octanol–water partition coefficient (Wildman–Crippen LogP) is 2.01. The summed E-state index contributed by atoms with van der Waals surface area (Å²) in [7, 11) is 0. The number of anilines is 1. The van der Waals surface area contributed by atoms with E-state index in [9.17, 15) is 14.0 Å². The zero-order valence-electron chi connectivity index (χ0n) is 21.2. The molecular formula is C28H33FN6O3. The van der Waals surface area contributed by atoms with Crippen LogP contribution in [0.15, 0.2) is 60.9 Å². The fourth-order valence-electron chi connectivity index (χ4n) is 5.48. The number of hydrazine groups is 2. The number of hydrogen-bond acceptors (Lipinski definition) is 7. The number of carbonyl (C=O) groups excluding carboxylic acids is 2. The smallest absolute Gasteiger partial charge is 0.251 e. The van der Waals surface area contributed by atoms with E-state index in [0.29, 0.717) is 50.2 Å². The molecule has 10 heteroatoms. The van der Waals surface area contributed by atoms with Crippen LogP contribution in [0.5, 0.6) is 0 Å². The van der Waals surface area contributed by atoms with Crippen LogP contribution >= 0.6 is 0 Å². The third kappa shape index (κ3) is 5.24. The molecule has 4 N–H and O–H groups in total. The summed E-state index contributed by atoms with van der Waals surface area (Å²) in [4.78, 5) is 28.3. The first-order chi connectivity index (χ1) is 18.5. The number of nitrogens with zero attached hydrogens (tertiary/aromatic N) is 2. The first kappa shape index (κ1) is 24.8. The second-order valence-electron chi connectivity index (χ2n) is 10.8. The summed E-state index contributed by atoms with van der Waals surface area (Å²) in [5, 5.41) is 8.35. The van der Waals surface area contributed by atoms with Crippen LogP contribution in [-0.4, -0.2) is 61.6 Å². The topological polar surface area (TPSA) is 98.0 Å². The number of likely N-dealkylation sites (tertiary alicyclic amines) is 1. The fraction of sp³-hybridized carbons (Fsp3) is 0.429. The molecule has 3 atom stereocenters. The number of halogens is 1. The van der Waals surface area contributed by atoms with Crippen LogP contribution < -0.4 is 26.6 Å². The Morgan fingerprint density at radius 1 is 1.11 bits per heavy atom. The number of rotatable bonds is 10. The molecule has 0 radical (unpaired) electrons. The lowest BCUT2D eigenvalue weighted by Gasteiger charge is -2.55. The SMILES string of the molecule is O=C(N[C@@H](CCCN[C@@H]1C[C@H]1c1ccc(F)cc1)C(=O)N1CC2(COC2)C1)c1ccc(N2C=CNN2)cc1. The van der Waals surface area contributed by atoms with Gasteiger partial charge in [-0.05, 0) is 67.8 Å². The summed E-state index contributed by atoms with van der Waals surface area (Å²) < 4.78 is 18.5. The number of amides is 2. The van der Waals surface area contributed by atoms with Gasteiger partial charge in [-0.3, -0.25) is 14.6 Å². The summed E-state index contributed by atoms with van der Waals surface area (Å²) in [6.45, 7) is 3.54. The molecule has 4 aliphatic rings. The van der Waals surface area contributed by atoms with Gasteiger partial charge in [0.15, 0.2) is 0 Å².